The lowest BCUT2D eigenvalue weighted by Crippen LogP contribution is -2.24. The zero-order valence-corrected chi connectivity index (χ0v) is 15.3. The molecule has 0 amide bonds. The maximum atomic E-state index is 12.4. The Hall–Kier alpha value is -2.48. The van der Waals surface area contributed by atoms with E-state index in [1.807, 2.05) is 0 Å². The fourth-order valence-electron chi connectivity index (χ4n) is 3.58. The minimum Gasteiger partial charge on any atom is -0.289 e. The van der Waals surface area contributed by atoms with Gasteiger partial charge in [-0.25, -0.2) is 23.2 Å². The van der Waals surface area contributed by atoms with Gasteiger partial charge in [0.1, 0.15) is 0 Å². The Morgan fingerprint density at radius 3 is 2.46 bits per heavy atom. The number of benzene rings is 1. The van der Waals surface area contributed by atoms with Gasteiger partial charge in [-0.2, -0.15) is 0 Å². The predicted molar refractivity (Wildman–Crippen MR) is 98.8 cm³/mol. The van der Waals surface area contributed by atoms with Crippen molar-refractivity contribution in [1.82, 2.24) is 19.5 Å². The number of hydrogen-bond acceptors (Lipinski definition) is 5. The Balaban J connectivity index is 1.78. The van der Waals surface area contributed by atoms with E-state index in [0.717, 1.165) is 31.2 Å². The quantitative estimate of drug-likeness (QED) is 0.762. The molecule has 0 spiro atoms. The van der Waals surface area contributed by atoms with Crippen LogP contribution in [0.2, 0.25) is 0 Å². The monoisotopic (exact) mass is 372 g/mol. The van der Waals surface area contributed by atoms with Crippen LogP contribution in [0.15, 0.2) is 40.2 Å². The first kappa shape index (κ1) is 17.0. The molecule has 2 aromatic heterocycles. The van der Waals surface area contributed by atoms with Crippen LogP contribution in [0.5, 0.6) is 0 Å². The van der Waals surface area contributed by atoms with Crippen LogP contribution >= 0.6 is 0 Å². The molecule has 0 unspecified atom stereocenters. The summed E-state index contributed by atoms with van der Waals surface area (Å²) >= 11 is 0. The summed E-state index contributed by atoms with van der Waals surface area (Å²) < 4.78 is 24.9. The van der Waals surface area contributed by atoms with Crippen molar-refractivity contribution in [2.24, 2.45) is 0 Å². The Morgan fingerprint density at radius 2 is 1.81 bits per heavy atom. The van der Waals surface area contributed by atoms with Gasteiger partial charge < -0.3 is 0 Å². The molecule has 7 nitrogen and oxygen atoms in total. The topological polar surface area (TPSA) is 97.7 Å². The van der Waals surface area contributed by atoms with E-state index in [0.29, 0.717) is 17.0 Å². The van der Waals surface area contributed by atoms with E-state index in [4.69, 9.17) is 0 Å². The number of H-pyrrole nitrogens is 1. The van der Waals surface area contributed by atoms with Gasteiger partial charge in [0.2, 0.25) is 0 Å². The molecule has 3 aromatic rings. The summed E-state index contributed by atoms with van der Waals surface area (Å²) in [6.07, 6.45) is 8.16. The molecule has 2 heterocycles. The van der Waals surface area contributed by atoms with Crippen molar-refractivity contribution in [3.05, 3.63) is 40.9 Å². The summed E-state index contributed by atoms with van der Waals surface area (Å²) in [6.45, 7) is 0. The molecule has 1 aliphatic rings. The summed E-state index contributed by atoms with van der Waals surface area (Å²) in [5.74, 6) is 0. The third-order valence-electron chi connectivity index (χ3n) is 4.94. The summed E-state index contributed by atoms with van der Waals surface area (Å²) in [5.41, 5.74) is 2.25. The van der Waals surface area contributed by atoms with E-state index in [2.05, 4.69) is 15.0 Å². The first-order valence-electron chi connectivity index (χ1n) is 8.71. The average Bonchev–Trinajstić information content (AvgIpc) is 2.96. The zero-order chi connectivity index (χ0) is 18.3. The van der Waals surface area contributed by atoms with Crippen LogP contribution in [0, 0.1) is 0 Å². The van der Waals surface area contributed by atoms with Crippen LogP contribution in [0.25, 0.3) is 22.6 Å². The molecule has 1 N–H and O–H groups in total. The van der Waals surface area contributed by atoms with Crippen molar-refractivity contribution >= 4 is 21.1 Å². The fourth-order valence-corrected chi connectivity index (χ4v) is 4.21. The van der Waals surface area contributed by atoms with E-state index in [-0.39, 0.29) is 16.6 Å². The minimum absolute atomic E-state index is 0.155. The molecule has 26 heavy (non-hydrogen) atoms. The van der Waals surface area contributed by atoms with E-state index in [9.17, 15) is 13.2 Å². The summed E-state index contributed by atoms with van der Waals surface area (Å²) in [7, 11) is -3.24. The van der Waals surface area contributed by atoms with Crippen molar-refractivity contribution in [3.63, 3.8) is 0 Å². The smallest absolute Gasteiger partial charge is 0.289 e. The van der Waals surface area contributed by atoms with Gasteiger partial charge >= 0.3 is 5.69 Å². The summed E-state index contributed by atoms with van der Waals surface area (Å²) in [4.78, 5) is 24.4. The number of aromatic nitrogens is 4. The maximum absolute atomic E-state index is 12.4. The first-order valence-corrected chi connectivity index (χ1v) is 10.6. The van der Waals surface area contributed by atoms with Crippen LogP contribution in [0.4, 0.5) is 0 Å². The van der Waals surface area contributed by atoms with E-state index < -0.39 is 9.84 Å². The molecule has 4 rings (SSSR count). The molecule has 1 aromatic carbocycles. The lowest BCUT2D eigenvalue weighted by molar-refractivity contribution is 0.352. The van der Waals surface area contributed by atoms with Crippen molar-refractivity contribution in [2.75, 3.05) is 6.26 Å². The van der Waals surface area contributed by atoms with Crippen molar-refractivity contribution in [1.29, 1.82) is 0 Å². The lowest BCUT2D eigenvalue weighted by atomic mass is 9.95. The molecule has 1 fully saturated rings. The van der Waals surface area contributed by atoms with Crippen LogP contribution < -0.4 is 5.69 Å². The third-order valence-corrected chi connectivity index (χ3v) is 6.07. The van der Waals surface area contributed by atoms with Gasteiger partial charge in [0.05, 0.1) is 16.8 Å². The number of imidazole rings is 1. The first-order chi connectivity index (χ1) is 12.4. The van der Waals surface area contributed by atoms with Gasteiger partial charge in [0.25, 0.3) is 0 Å². The zero-order valence-electron chi connectivity index (χ0n) is 14.5. The molecular weight excluding hydrogens is 352 g/mol. The number of nitrogens with one attached hydrogen (secondary N) is 1. The standard InChI is InChI=1S/C18H20N4O3S/c1-26(24,25)14-9-7-12(8-10-14)15-11-19-16-17(20-15)22(18(23)21-16)13-5-3-2-4-6-13/h7-11,13H,2-6H2,1H3,(H,19,21,23). The second-order valence-corrected chi connectivity index (χ2v) is 8.83. The van der Waals surface area contributed by atoms with Gasteiger partial charge in [-0.05, 0) is 25.0 Å². The Kier molecular flexibility index (Phi) is 4.14. The number of aromatic amines is 1. The summed E-state index contributed by atoms with van der Waals surface area (Å²) in [6, 6.07) is 6.69. The normalized spacial score (nSPS) is 16.2. The Morgan fingerprint density at radius 1 is 1.12 bits per heavy atom. The Bertz CT molecular complexity index is 1110. The second kappa shape index (κ2) is 6.35. The van der Waals surface area contributed by atoms with Crippen LogP contribution in [-0.4, -0.2) is 34.2 Å². The molecular formula is C18H20N4O3S. The SMILES string of the molecule is CS(=O)(=O)c1ccc(-c2cnc3[nH]c(=O)n(C4CCCCC4)c3n2)cc1. The molecule has 0 aliphatic heterocycles. The summed E-state index contributed by atoms with van der Waals surface area (Å²) in [5, 5.41) is 0. The van der Waals surface area contributed by atoms with Crippen LogP contribution in [-0.2, 0) is 9.84 Å². The Labute approximate surface area is 151 Å². The van der Waals surface area contributed by atoms with Gasteiger partial charge in [-0.3, -0.25) is 9.55 Å². The van der Waals surface area contributed by atoms with Gasteiger partial charge in [-0.15, -0.1) is 0 Å². The fraction of sp³-hybridized carbons (Fsp3) is 0.389. The van der Waals surface area contributed by atoms with E-state index >= 15 is 0 Å². The molecule has 8 heteroatoms. The second-order valence-electron chi connectivity index (χ2n) is 6.82. The van der Waals surface area contributed by atoms with Gasteiger partial charge in [0.15, 0.2) is 21.1 Å². The lowest BCUT2D eigenvalue weighted by Gasteiger charge is -2.22. The number of sulfone groups is 1. The number of hydrogen-bond donors (Lipinski definition) is 1. The predicted octanol–water partition coefficient (Wildman–Crippen LogP) is 2.70. The molecule has 1 saturated carbocycles. The minimum atomic E-state index is -3.24. The number of nitrogens with zero attached hydrogens (tertiary/aromatic N) is 3. The number of rotatable bonds is 3. The number of fused-ring (bicyclic) bond motifs is 1. The molecule has 0 bridgehead atoms. The van der Waals surface area contributed by atoms with Crippen molar-refractivity contribution < 1.29 is 8.42 Å². The molecule has 0 saturated heterocycles. The highest BCUT2D eigenvalue weighted by Crippen LogP contribution is 2.29. The van der Waals surface area contributed by atoms with Crippen molar-refractivity contribution in [2.45, 2.75) is 43.0 Å². The van der Waals surface area contributed by atoms with Gasteiger partial charge in [-0.1, -0.05) is 31.4 Å². The highest BCUT2D eigenvalue weighted by molar-refractivity contribution is 7.90. The molecule has 0 radical (unpaired) electrons. The highest BCUT2D eigenvalue weighted by Gasteiger charge is 2.21. The van der Waals surface area contributed by atoms with E-state index in [1.54, 1.807) is 35.0 Å². The van der Waals surface area contributed by atoms with Gasteiger partial charge in [0, 0.05) is 17.9 Å². The highest BCUT2D eigenvalue weighted by atomic mass is 32.2. The molecule has 136 valence electrons. The van der Waals surface area contributed by atoms with Crippen LogP contribution in [0.1, 0.15) is 38.1 Å². The molecule has 0 atom stereocenters. The van der Waals surface area contributed by atoms with Crippen LogP contribution in [0.3, 0.4) is 0 Å². The largest absolute Gasteiger partial charge is 0.329 e. The average molecular weight is 372 g/mol. The van der Waals surface area contributed by atoms with E-state index in [1.165, 1.54) is 12.7 Å². The van der Waals surface area contributed by atoms with Crippen molar-refractivity contribution in [3.8, 4) is 11.3 Å². The molecule has 1 aliphatic carbocycles. The maximum Gasteiger partial charge on any atom is 0.329 e. The third kappa shape index (κ3) is 3.05.